The fourth-order valence-electron chi connectivity index (χ4n) is 12.2. The summed E-state index contributed by atoms with van der Waals surface area (Å²) in [4.78, 5) is 63.0. The van der Waals surface area contributed by atoms with Crippen LogP contribution in [0.5, 0.6) is 0 Å². The van der Waals surface area contributed by atoms with E-state index in [2.05, 4.69) is 109 Å². The first kappa shape index (κ1) is 57.9. The monoisotopic (exact) mass is 1090 g/mol. The number of nitrogens with two attached hydrogens (primary N) is 1. The fraction of sp³-hybridized carbons (Fsp3) is 0.541. The SMILES string of the molecule is CC(C)C[C@H](CCC(=O)c1ccc(Cl)c(Cl)c1)N1CCC(CCc2ccccc2)N2C[C@H](C)C[C@H]2C1=O.CC(C)C[C@H](CCC(=O)c1ccc(Cl)c(Cl)c1)N1CCC(CCc2ccccc2)N2C[C@H](N)C[C@H]2C1=O. The Labute approximate surface area is 461 Å². The zero-order valence-corrected chi connectivity index (χ0v) is 47.3. The third-order valence-electron chi connectivity index (χ3n) is 15.9. The van der Waals surface area contributed by atoms with Crippen molar-refractivity contribution >= 4 is 69.8 Å². The van der Waals surface area contributed by atoms with Crippen molar-refractivity contribution < 1.29 is 19.2 Å². The Morgan fingerprint density at radius 2 is 1.00 bits per heavy atom. The predicted octanol–water partition coefficient (Wildman–Crippen LogP) is 13.3. The molecule has 4 heterocycles. The van der Waals surface area contributed by atoms with Gasteiger partial charge in [0.25, 0.3) is 0 Å². The van der Waals surface area contributed by atoms with Crippen LogP contribution in [0.2, 0.25) is 20.1 Å². The predicted molar refractivity (Wildman–Crippen MR) is 304 cm³/mol. The van der Waals surface area contributed by atoms with Crippen molar-refractivity contribution in [2.45, 2.75) is 167 Å². The summed E-state index contributed by atoms with van der Waals surface area (Å²) in [6, 6.07) is 31.9. The molecule has 400 valence electrons. The van der Waals surface area contributed by atoms with Gasteiger partial charge in [-0.1, -0.05) is 142 Å². The third-order valence-corrected chi connectivity index (χ3v) is 17.4. The maximum atomic E-state index is 14.0. The molecule has 0 saturated carbocycles. The standard InChI is InChI=1S/C31H40Cl2N2O2.C30H39Cl2N3O2/c1-21(2)17-26(12-14-30(36)24-10-13-27(32)28(33)19-24)34-16-15-25(11-9-23-7-5-4-6-8-23)35-20-22(3)18-29(35)31(34)37;1-20(2)16-25(11-13-29(36)22-9-12-26(31)27(32)17-22)34-15-14-24(10-8-21-6-4-3-5-7-21)35-19-23(33)18-28(35)30(34)37/h4-8,10,13,19,21-22,25-26,29H,9,11-12,14-18,20H2,1-3H3;3-7,9,12,17,20,23-25,28H,8,10-11,13-16,18-19,33H2,1-2H3/t22-,25?,26+,29+;23-,24?,25+,28+/m11/s1. The number of fused-ring (bicyclic) bond motifs is 2. The highest BCUT2D eigenvalue weighted by molar-refractivity contribution is 6.42. The molecule has 9 nitrogen and oxygen atoms in total. The Kier molecular flexibility index (Phi) is 21.5. The summed E-state index contributed by atoms with van der Waals surface area (Å²) in [6.07, 6.45) is 11.5. The molecule has 4 aromatic rings. The lowest BCUT2D eigenvalue weighted by molar-refractivity contribution is -0.138. The molecule has 0 bridgehead atoms. The Hall–Kier alpha value is -3.80. The molecule has 4 aliphatic rings. The van der Waals surface area contributed by atoms with E-state index >= 15 is 0 Å². The Morgan fingerprint density at radius 3 is 1.42 bits per heavy atom. The smallest absolute Gasteiger partial charge is 0.240 e. The maximum absolute atomic E-state index is 14.0. The summed E-state index contributed by atoms with van der Waals surface area (Å²) < 4.78 is 0. The molecule has 4 aliphatic heterocycles. The second-order valence-corrected chi connectivity index (χ2v) is 24.1. The molecule has 0 radical (unpaired) electrons. The number of carbonyl (C=O) groups is 4. The largest absolute Gasteiger partial charge is 0.338 e. The molecule has 0 spiro atoms. The number of nitrogens with zero attached hydrogens (tertiary/aromatic N) is 4. The highest BCUT2D eigenvalue weighted by Gasteiger charge is 2.46. The van der Waals surface area contributed by atoms with E-state index in [4.69, 9.17) is 52.1 Å². The molecule has 0 aromatic heterocycles. The molecule has 2 unspecified atom stereocenters. The number of halogens is 4. The van der Waals surface area contributed by atoms with Crippen LogP contribution >= 0.6 is 46.4 Å². The number of aryl methyl sites for hydroxylation is 2. The first-order valence-corrected chi connectivity index (χ1v) is 28.9. The lowest BCUT2D eigenvalue weighted by Crippen LogP contribution is -2.48. The lowest BCUT2D eigenvalue weighted by Gasteiger charge is -2.34. The van der Waals surface area contributed by atoms with Gasteiger partial charge in [0.1, 0.15) is 0 Å². The highest BCUT2D eigenvalue weighted by Crippen LogP contribution is 2.36. The topological polar surface area (TPSA) is 107 Å². The van der Waals surface area contributed by atoms with E-state index in [0.29, 0.717) is 93.2 Å². The molecule has 4 aromatic carbocycles. The van der Waals surface area contributed by atoms with Crippen molar-refractivity contribution in [1.82, 2.24) is 19.6 Å². The van der Waals surface area contributed by atoms with Gasteiger partial charge in [0, 0.05) is 80.4 Å². The van der Waals surface area contributed by atoms with Gasteiger partial charge in [-0.25, -0.2) is 0 Å². The van der Waals surface area contributed by atoms with E-state index < -0.39 is 0 Å². The van der Waals surface area contributed by atoms with E-state index in [-0.39, 0.29) is 53.6 Å². The first-order chi connectivity index (χ1) is 35.4. The van der Waals surface area contributed by atoms with Gasteiger partial charge in [-0.3, -0.25) is 29.0 Å². The minimum absolute atomic E-state index is 0.0192. The fourth-order valence-corrected chi connectivity index (χ4v) is 12.8. The van der Waals surface area contributed by atoms with Crippen LogP contribution in [-0.4, -0.2) is 111 Å². The van der Waals surface area contributed by atoms with Crippen molar-refractivity contribution in [3.8, 4) is 0 Å². The number of Topliss-reactive ketones (excluding diaryl/α,β-unsaturated/α-hetero) is 2. The second-order valence-electron chi connectivity index (χ2n) is 22.5. The van der Waals surface area contributed by atoms with Gasteiger partial charge in [-0.05, 0) is 142 Å². The van der Waals surface area contributed by atoms with Crippen LogP contribution in [0, 0.1) is 17.8 Å². The number of benzene rings is 4. The van der Waals surface area contributed by atoms with Crippen LogP contribution < -0.4 is 5.73 Å². The average molecular weight is 1090 g/mol. The van der Waals surface area contributed by atoms with Crippen LogP contribution in [-0.2, 0) is 22.4 Å². The van der Waals surface area contributed by atoms with Crippen LogP contribution in [0.1, 0.15) is 144 Å². The van der Waals surface area contributed by atoms with E-state index in [1.807, 2.05) is 6.07 Å². The molecule has 4 fully saturated rings. The van der Waals surface area contributed by atoms with Crippen molar-refractivity contribution in [2.24, 2.45) is 23.5 Å². The quantitative estimate of drug-likeness (QED) is 0.0879. The zero-order chi connectivity index (χ0) is 53.1. The van der Waals surface area contributed by atoms with Gasteiger partial charge in [0.2, 0.25) is 11.8 Å². The number of hydrogen-bond acceptors (Lipinski definition) is 7. The summed E-state index contributed by atoms with van der Waals surface area (Å²) in [5.74, 6) is 1.90. The maximum Gasteiger partial charge on any atom is 0.240 e. The summed E-state index contributed by atoms with van der Waals surface area (Å²) >= 11 is 24.3. The lowest BCUT2D eigenvalue weighted by atomic mass is 9.94. The van der Waals surface area contributed by atoms with Gasteiger partial charge in [-0.2, -0.15) is 0 Å². The summed E-state index contributed by atoms with van der Waals surface area (Å²) in [5, 5.41) is 1.66. The van der Waals surface area contributed by atoms with Gasteiger partial charge < -0.3 is 15.5 Å². The summed E-state index contributed by atoms with van der Waals surface area (Å²) in [6.45, 7) is 14.3. The van der Waals surface area contributed by atoms with Crippen molar-refractivity contribution in [3.05, 3.63) is 139 Å². The highest BCUT2D eigenvalue weighted by atomic mass is 35.5. The molecule has 0 aliphatic carbocycles. The molecule has 74 heavy (non-hydrogen) atoms. The van der Waals surface area contributed by atoms with Gasteiger partial charge in [0.15, 0.2) is 11.6 Å². The third kappa shape index (κ3) is 15.7. The van der Waals surface area contributed by atoms with E-state index in [1.54, 1.807) is 36.4 Å². The van der Waals surface area contributed by atoms with Crippen LogP contribution in [0.4, 0.5) is 0 Å². The van der Waals surface area contributed by atoms with Crippen molar-refractivity contribution in [2.75, 3.05) is 26.2 Å². The Balaban J connectivity index is 0.000000216. The van der Waals surface area contributed by atoms with E-state index in [9.17, 15) is 19.2 Å². The van der Waals surface area contributed by atoms with E-state index in [1.165, 1.54) is 11.1 Å². The Morgan fingerprint density at radius 1 is 0.581 bits per heavy atom. The van der Waals surface area contributed by atoms with Crippen LogP contribution in [0.25, 0.3) is 0 Å². The molecular weight excluding hydrogens is 1010 g/mol. The number of ketones is 2. The molecule has 8 atom stereocenters. The van der Waals surface area contributed by atoms with E-state index in [0.717, 1.165) is 84.0 Å². The average Bonchev–Trinajstić information content (AvgIpc) is 3.91. The summed E-state index contributed by atoms with van der Waals surface area (Å²) in [7, 11) is 0. The normalized spacial score (nSPS) is 23.2. The summed E-state index contributed by atoms with van der Waals surface area (Å²) in [5.41, 5.74) is 10.2. The molecule has 2 amide bonds. The number of amides is 2. The molecule has 2 N–H and O–H groups in total. The zero-order valence-electron chi connectivity index (χ0n) is 44.3. The van der Waals surface area contributed by atoms with Gasteiger partial charge >= 0.3 is 0 Å². The van der Waals surface area contributed by atoms with Crippen LogP contribution in [0.3, 0.4) is 0 Å². The number of rotatable bonds is 20. The minimum atomic E-state index is -0.168. The molecular formula is C61H79Cl4N5O4. The Bertz CT molecular complexity index is 2320. The number of hydrogen-bond donors (Lipinski definition) is 1. The molecule has 13 heteroatoms. The van der Waals surface area contributed by atoms with Gasteiger partial charge in [-0.15, -0.1) is 0 Å². The molecule has 4 saturated heterocycles. The number of carbonyl (C=O) groups excluding carboxylic acids is 4. The second kappa shape index (κ2) is 27.5. The van der Waals surface area contributed by atoms with Crippen molar-refractivity contribution in [1.29, 1.82) is 0 Å². The van der Waals surface area contributed by atoms with Gasteiger partial charge in [0.05, 0.1) is 32.2 Å². The minimum Gasteiger partial charge on any atom is -0.338 e. The first-order valence-electron chi connectivity index (χ1n) is 27.4. The van der Waals surface area contributed by atoms with Crippen LogP contribution in [0.15, 0.2) is 97.1 Å². The van der Waals surface area contributed by atoms with Crippen molar-refractivity contribution in [3.63, 3.8) is 0 Å². The molecule has 8 rings (SSSR count).